The van der Waals surface area contributed by atoms with Crippen molar-refractivity contribution in [2.75, 3.05) is 13.2 Å². The number of ether oxygens (including phenoxy) is 1. The SMILES string of the molecule is CCOP(=O)(NS(=O)(=O)C(F)(F)C(F)(F)OC(F)(F)C(F)(F)I)OCC. The molecule has 7 nitrogen and oxygen atoms in total. The zero-order chi connectivity index (χ0) is 21.2. The Hall–Kier alpha value is 0.190. The summed E-state index contributed by atoms with van der Waals surface area (Å²) in [6.45, 7) is 0.993. The maximum absolute atomic E-state index is 13.6. The van der Waals surface area contributed by atoms with Crippen LogP contribution in [0.4, 0.5) is 35.1 Å². The van der Waals surface area contributed by atoms with Gasteiger partial charge in [-0.05, 0) is 13.8 Å². The van der Waals surface area contributed by atoms with E-state index in [1.165, 1.54) is 0 Å². The minimum absolute atomic E-state index is 0.384. The average molecular weight is 559 g/mol. The first kappa shape index (κ1) is 26.2. The summed E-state index contributed by atoms with van der Waals surface area (Å²) in [7, 11) is -11.9. The highest BCUT2D eigenvalue weighted by atomic mass is 127. The summed E-state index contributed by atoms with van der Waals surface area (Å²) in [5, 5.41) is -6.57. The second kappa shape index (κ2) is 8.28. The highest BCUT2D eigenvalue weighted by Gasteiger charge is 2.74. The van der Waals surface area contributed by atoms with E-state index in [-0.39, 0.29) is 22.6 Å². The van der Waals surface area contributed by atoms with Crippen LogP contribution in [0.2, 0.25) is 0 Å². The van der Waals surface area contributed by atoms with Crippen LogP contribution in [0, 0.1) is 0 Å². The van der Waals surface area contributed by atoms with Gasteiger partial charge in [-0.1, -0.05) is 0 Å². The normalized spacial score (nSPS) is 15.3. The van der Waals surface area contributed by atoms with Crippen molar-refractivity contribution in [1.82, 2.24) is 4.49 Å². The molecule has 0 spiro atoms. The van der Waals surface area contributed by atoms with Crippen molar-refractivity contribution in [1.29, 1.82) is 0 Å². The van der Waals surface area contributed by atoms with Crippen LogP contribution in [-0.2, 0) is 28.4 Å². The van der Waals surface area contributed by atoms with E-state index >= 15 is 0 Å². The molecule has 0 heterocycles. The Bertz CT molecular complexity index is 631. The van der Waals surface area contributed by atoms with Crippen molar-refractivity contribution >= 4 is 40.4 Å². The Morgan fingerprint density at radius 2 is 1.31 bits per heavy atom. The molecule has 0 rings (SSSR count). The summed E-state index contributed by atoms with van der Waals surface area (Å²) in [5.41, 5.74) is 0. The van der Waals surface area contributed by atoms with Gasteiger partial charge in [-0.15, -0.1) is 4.49 Å². The number of rotatable bonds is 11. The van der Waals surface area contributed by atoms with Crippen LogP contribution in [0.25, 0.3) is 0 Å². The van der Waals surface area contributed by atoms with Gasteiger partial charge in [0.05, 0.1) is 13.2 Å². The largest absolute Gasteiger partial charge is 0.449 e. The second-order valence-corrected chi connectivity index (χ2v) is 9.19. The lowest BCUT2D eigenvalue weighted by Crippen LogP contribution is -2.57. The van der Waals surface area contributed by atoms with Gasteiger partial charge in [-0.25, -0.2) is 17.7 Å². The molecule has 0 amide bonds. The van der Waals surface area contributed by atoms with Gasteiger partial charge in [0.25, 0.3) is 10.0 Å². The van der Waals surface area contributed by atoms with E-state index in [0.29, 0.717) is 4.49 Å². The van der Waals surface area contributed by atoms with Gasteiger partial charge in [0.15, 0.2) is 0 Å². The molecule has 0 unspecified atom stereocenters. The number of hydrogen-bond donors (Lipinski definition) is 1. The first-order valence-electron chi connectivity index (χ1n) is 6.11. The third-order valence-corrected chi connectivity index (χ3v) is 6.69. The molecule has 0 radical (unpaired) electrons. The van der Waals surface area contributed by atoms with Crippen molar-refractivity contribution in [3.63, 3.8) is 0 Å². The molecule has 0 bridgehead atoms. The lowest BCUT2D eigenvalue weighted by atomic mass is 10.6. The number of halogens is 9. The zero-order valence-electron chi connectivity index (χ0n) is 12.6. The smallest absolute Gasteiger partial charge is 0.296 e. The monoisotopic (exact) mass is 559 g/mol. The number of alkyl halides is 9. The molecule has 0 aliphatic heterocycles. The molecule has 18 heteroatoms. The first-order valence-corrected chi connectivity index (χ1v) is 10.2. The summed E-state index contributed by atoms with van der Waals surface area (Å²) in [5.74, 6) is 0. The predicted octanol–water partition coefficient (Wildman–Crippen LogP) is 3.91. The third kappa shape index (κ3) is 5.84. The quantitative estimate of drug-likeness (QED) is 0.179. The highest BCUT2D eigenvalue weighted by Crippen LogP contribution is 2.51. The molecule has 158 valence electrons. The maximum Gasteiger partial charge on any atom is 0.449 e. The molecule has 0 aromatic heterocycles. The minimum atomic E-state index is -6.79. The summed E-state index contributed by atoms with van der Waals surface area (Å²) >= 11 is -0.384. The summed E-state index contributed by atoms with van der Waals surface area (Å²) in [6.07, 6.45) is -12.8. The van der Waals surface area contributed by atoms with Crippen molar-refractivity contribution in [3.05, 3.63) is 0 Å². The van der Waals surface area contributed by atoms with Crippen LogP contribution < -0.4 is 4.49 Å². The molecular weight excluding hydrogens is 548 g/mol. The van der Waals surface area contributed by atoms with Crippen molar-refractivity contribution in [2.24, 2.45) is 0 Å². The van der Waals surface area contributed by atoms with E-state index in [4.69, 9.17) is 0 Å². The first-order chi connectivity index (χ1) is 11.3. The van der Waals surface area contributed by atoms with Crippen LogP contribution in [0.1, 0.15) is 13.8 Å². The molecule has 0 atom stereocenters. The molecule has 0 saturated heterocycles. The lowest BCUT2D eigenvalue weighted by molar-refractivity contribution is -0.438. The number of hydrogen-bond acceptors (Lipinski definition) is 6. The van der Waals surface area contributed by atoms with E-state index in [1.54, 1.807) is 0 Å². The lowest BCUT2D eigenvalue weighted by Gasteiger charge is -2.31. The maximum atomic E-state index is 13.6. The Labute approximate surface area is 155 Å². The van der Waals surface area contributed by atoms with Gasteiger partial charge in [0, 0.05) is 22.6 Å². The molecule has 0 aromatic carbocycles. The number of sulfonamides is 1. The third-order valence-electron chi connectivity index (χ3n) is 2.09. The standard InChI is InChI=1S/C8H11F8INO6PS/c1-3-22-25(19,23-4-2)18-26(20,21)8(15,16)7(13,14)24-6(11,12)5(9,10)17/h3-4H2,1-2H3,(H,18,19). The molecule has 26 heavy (non-hydrogen) atoms. The molecular formula is C8H11F8INO6PS. The van der Waals surface area contributed by atoms with Gasteiger partial charge in [0.2, 0.25) is 0 Å². The Kier molecular flexibility index (Phi) is 8.34. The average Bonchev–Trinajstić information content (AvgIpc) is 2.34. The summed E-state index contributed by atoms with van der Waals surface area (Å²) in [4.78, 5) is 0. The molecule has 0 aromatic rings. The van der Waals surface area contributed by atoms with Gasteiger partial charge in [-0.2, -0.15) is 35.1 Å². The van der Waals surface area contributed by atoms with Gasteiger partial charge in [-0.3, -0.25) is 9.05 Å². The summed E-state index contributed by atoms with van der Waals surface area (Å²) in [6, 6.07) is 0. The fourth-order valence-electron chi connectivity index (χ4n) is 1.07. The fraction of sp³-hybridized carbons (Fsp3) is 1.00. The van der Waals surface area contributed by atoms with E-state index in [2.05, 4.69) is 13.8 Å². The number of nitrogens with one attached hydrogen (secondary N) is 1. The van der Waals surface area contributed by atoms with E-state index in [9.17, 15) is 48.1 Å². The molecule has 0 aliphatic carbocycles. The van der Waals surface area contributed by atoms with Crippen molar-refractivity contribution < 1.29 is 61.9 Å². The Morgan fingerprint density at radius 1 is 0.923 bits per heavy atom. The summed E-state index contributed by atoms with van der Waals surface area (Å²) < 4.78 is 145. The topological polar surface area (TPSA) is 90.9 Å². The van der Waals surface area contributed by atoms with Crippen LogP contribution in [0.5, 0.6) is 0 Å². The van der Waals surface area contributed by atoms with Gasteiger partial charge < -0.3 is 0 Å². The van der Waals surface area contributed by atoms with Crippen molar-refractivity contribution in [2.45, 2.75) is 35.2 Å². The second-order valence-electron chi connectivity index (χ2n) is 4.08. The molecule has 0 aliphatic rings. The van der Waals surface area contributed by atoms with Crippen molar-refractivity contribution in [3.8, 4) is 0 Å². The van der Waals surface area contributed by atoms with Gasteiger partial charge >= 0.3 is 29.1 Å². The predicted molar refractivity (Wildman–Crippen MR) is 77.8 cm³/mol. The molecule has 1 N–H and O–H groups in total. The molecule has 0 saturated carbocycles. The molecule has 0 fully saturated rings. The Balaban J connectivity index is 5.85. The fourth-order valence-corrected chi connectivity index (χ4v) is 4.35. The van der Waals surface area contributed by atoms with Gasteiger partial charge in [0.1, 0.15) is 0 Å². The van der Waals surface area contributed by atoms with Crippen LogP contribution in [-0.4, -0.2) is 43.0 Å². The highest BCUT2D eigenvalue weighted by molar-refractivity contribution is 14.1. The van der Waals surface area contributed by atoms with E-state index in [1.807, 2.05) is 0 Å². The zero-order valence-corrected chi connectivity index (χ0v) is 16.5. The van der Waals surface area contributed by atoms with Crippen LogP contribution in [0.15, 0.2) is 0 Å². The Morgan fingerprint density at radius 3 is 1.62 bits per heavy atom. The minimum Gasteiger partial charge on any atom is -0.296 e. The van der Waals surface area contributed by atoms with Crippen LogP contribution >= 0.6 is 30.3 Å². The van der Waals surface area contributed by atoms with E-state index < -0.39 is 52.4 Å². The van der Waals surface area contributed by atoms with E-state index in [0.717, 1.165) is 13.8 Å². The van der Waals surface area contributed by atoms with Crippen LogP contribution in [0.3, 0.4) is 0 Å².